The summed E-state index contributed by atoms with van der Waals surface area (Å²) in [6.07, 6.45) is 3.06. The smallest absolute Gasteiger partial charge is 0.336 e. The van der Waals surface area contributed by atoms with Crippen molar-refractivity contribution >= 4 is 5.71 Å². The summed E-state index contributed by atoms with van der Waals surface area (Å²) in [5.41, 5.74) is 2.67. The number of hydrogen-bond acceptors (Lipinski definition) is 4. The Morgan fingerprint density at radius 3 is 3.06 bits per heavy atom. The van der Waals surface area contributed by atoms with Crippen molar-refractivity contribution < 1.29 is 9.15 Å². The average Bonchev–Trinajstić information content (AvgIpc) is 2.69. The molecule has 4 nitrogen and oxygen atoms in total. The minimum atomic E-state index is -0.274. The maximum Gasteiger partial charge on any atom is 0.336 e. The first-order valence-electron chi connectivity index (χ1n) is 5.94. The summed E-state index contributed by atoms with van der Waals surface area (Å²) in [6.45, 7) is 3.07. The standard InChI is InChI=1S/C13H17NO3/c1-3-4-5-9-6-12(15)17-11-7-14-10(8-16-2)13(9)11/h6H,3-5,7-8H2,1-2H3. The maximum absolute atomic E-state index is 11.4. The second-order valence-electron chi connectivity index (χ2n) is 4.19. The monoisotopic (exact) mass is 235 g/mol. The van der Waals surface area contributed by atoms with E-state index < -0.39 is 0 Å². The van der Waals surface area contributed by atoms with E-state index in [0.717, 1.165) is 36.1 Å². The number of ether oxygens (including phenoxy) is 1. The van der Waals surface area contributed by atoms with Gasteiger partial charge < -0.3 is 9.15 Å². The predicted molar refractivity (Wildman–Crippen MR) is 65.7 cm³/mol. The zero-order chi connectivity index (χ0) is 12.3. The Kier molecular flexibility index (Phi) is 3.74. The Morgan fingerprint density at radius 2 is 2.35 bits per heavy atom. The molecule has 1 aliphatic rings. The van der Waals surface area contributed by atoms with E-state index in [2.05, 4.69) is 11.9 Å². The van der Waals surface area contributed by atoms with Crippen LogP contribution >= 0.6 is 0 Å². The van der Waals surface area contributed by atoms with Gasteiger partial charge in [-0.2, -0.15) is 0 Å². The molecule has 1 aromatic heterocycles. The van der Waals surface area contributed by atoms with Crippen LogP contribution in [-0.2, 0) is 17.7 Å². The van der Waals surface area contributed by atoms with E-state index in [1.165, 1.54) is 0 Å². The second-order valence-corrected chi connectivity index (χ2v) is 4.19. The van der Waals surface area contributed by atoms with Gasteiger partial charge in [0.15, 0.2) is 0 Å². The van der Waals surface area contributed by atoms with Crippen LogP contribution in [0.1, 0.15) is 36.7 Å². The van der Waals surface area contributed by atoms with Crippen molar-refractivity contribution in [3.05, 3.63) is 33.4 Å². The molecule has 0 N–H and O–H groups in total. The van der Waals surface area contributed by atoms with Crippen LogP contribution in [-0.4, -0.2) is 19.4 Å². The van der Waals surface area contributed by atoms with Crippen LogP contribution in [0.4, 0.5) is 0 Å². The van der Waals surface area contributed by atoms with Crippen LogP contribution in [0.5, 0.6) is 0 Å². The van der Waals surface area contributed by atoms with Crippen LogP contribution in [0.2, 0.25) is 0 Å². The summed E-state index contributed by atoms with van der Waals surface area (Å²) in [7, 11) is 1.64. The molecule has 0 aliphatic carbocycles. The molecule has 0 spiro atoms. The van der Waals surface area contributed by atoms with E-state index in [0.29, 0.717) is 18.9 Å². The molecule has 0 atom stereocenters. The van der Waals surface area contributed by atoms with Crippen molar-refractivity contribution in [2.45, 2.75) is 32.7 Å². The van der Waals surface area contributed by atoms with Crippen LogP contribution < -0.4 is 5.63 Å². The zero-order valence-electron chi connectivity index (χ0n) is 10.3. The molecule has 0 unspecified atom stereocenters. The molecule has 0 saturated carbocycles. The molecule has 4 heteroatoms. The Morgan fingerprint density at radius 1 is 1.53 bits per heavy atom. The molecule has 0 amide bonds. The van der Waals surface area contributed by atoms with Gasteiger partial charge in [-0.05, 0) is 18.4 Å². The van der Waals surface area contributed by atoms with Crippen molar-refractivity contribution in [2.24, 2.45) is 4.99 Å². The van der Waals surface area contributed by atoms with E-state index >= 15 is 0 Å². The summed E-state index contributed by atoms with van der Waals surface area (Å²) in [6, 6.07) is 1.59. The molecule has 92 valence electrons. The average molecular weight is 235 g/mol. The quantitative estimate of drug-likeness (QED) is 0.783. The first-order chi connectivity index (χ1) is 8.26. The van der Waals surface area contributed by atoms with Crippen LogP contribution in [0.3, 0.4) is 0 Å². The lowest BCUT2D eigenvalue weighted by atomic mass is 10.0. The molecule has 0 saturated heterocycles. The number of rotatable bonds is 5. The molecular formula is C13H17NO3. The zero-order valence-corrected chi connectivity index (χ0v) is 10.3. The first kappa shape index (κ1) is 12.0. The molecule has 0 radical (unpaired) electrons. The highest BCUT2D eigenvalue weighted by atomic mass is 16.5. The predicted octanol–water partition coefficient (Wildman–Crippen LogP) is 1.93. The van der Waals surface area contributed by atoms with Crippen molar-refractivity contribution in [2.75, 3.05) is 13.7 Å². The van der Waals surface area contributed by atoms with E-state index in [1.54, 1.807) is 13.2 Å². The van der Waals surface area contributed by atoms with Gasteiger partial charge in [-0.25, -0.2) is 4.79 Å². The third kappa shape index (κ3) is 2.47. The fourth-order valence-electron chi connectivity index (χ4n) is 2.12. The van der Waals surface area contributed by atoms with Crippen molar-refractivity contribution in [3.63, 3.8) is 0 Å². The highest BCUT2D eigenvalue weighted by Gasteiger charge is 2.22. The van der Waals surface area contributed by atoms with Gasteiger partial charge >= 0.3 is 5.63 Å². The first-order valence-corrected chi connectivity index (χ1v) is 5.94. The van der Waals surface area contributed by atoms with Gasteiger partial charge in [0.05, 0.1) is 18.9 Å². The number of nitrogens with zero attached hydrogens (tertiary/aromatic N) is 1. The number of aryl methyl sites for hydroxylation is 1. The van der Waals surface area contributed by atoms with Crippen molar-refractivity contribution in [3.8, 4) is 0 Å². The Labute approximate surface area is 100 Å². The molecule has 1 aliphatic heterocycles. The Hall–Kier alpha value is -1.42. The van der Waals surface area contributed by atoms with Crippen LogP contribution in [0.15, 0.2) is 20.3 Å². The normalized spacial score (nSPS) is 13.6. The van der Waals surface area contributed by atoms with Crippen LogP contribution in [0, 0.1) is 0 Å². The Balaban J connectivity index is 2.38. The lowest BCUT2D eigenvalue weighted by molar-refractivity contribution is 0.245. The highest BCUT2D eigenvalue weighted by Crippen LogP contribution is 2.22. The SMILES string of the molecule is CCCCc1cc(=O)oc2c1C(COC)=NC2. The summed E-state index contributed by atoms with van der Waals surface area (Å²) in [4.78, 5) is 15.8. The summed E-state index contributed by atoms with van der Waals surface area (Å²) >= 11 is 0. The van der Waals surface area contributed by atoms with Gasteiger partial charge in [-0.3, -0.25) is 4.99 Å². The number of methoxy groups -OCH3 is 1. The van der Waals surface area contributed by atoms with Gasteiger partial charge in [-0.1, -0.05) is 13.3 Å². The molecule has 2 rings (SSSR count). The minimum Gasteiger partial charge on any atom is -0.425 e. The molecule has 17 heavy (non-hydrogen) atoms. The molecule has 1 aromatic rings. The molecule has 0 bridgehead atoms. The second kappa shape index (κ2) is 5.27. The maximum atomic E-state index is 11.4. The van der Waals surface area contributed by atoms with Crippen molar-refractivity contribution in [1.29, 1.82) is 0 Å². The van der Waals surface area contributed by atoms with Crippen LogP contribution in [0.25, 0.3) is 0 Å². The molecule has 0 aromatic carbocycles. The third-order valence-electron chi connectivity index (χ3n) is 2.90. The van der Waals surface area contributed by atoms with Gasteiger partial charge in [0, 0.05) is 18.7 Å². The molecule has 0 fully saturated rings. The third-order valence-corrected chi connectivity index (χ3v) is 2.90. The number of fused-ring (bicyclic) bond motifs is 1. The van der Waals surface area contributed by atoms with E-state index in [-0.39, 0.29) is 5.63 Å². The fraction of sp³-hybridized carbons (Fsp3) is 0.538. The lowest BCUT2D eigenvalue weighted by Crippen LogP contribution is -2.13. The summed E-state index contributed by atoms with van der Waals surface area (Å²) in [5.74, 6) is 0.690. The van der Waals surface area contributed by atoms with E-state index in [4.69, 9.17) is 9.15 Å². The topological polar surface area (TPSA) is 51.8 Å². The fourth-order valence-corrected chi connectivity index (χ4v) is 2.12. The van der Waals surface area contributed by atoms with Gasteiger partial charge in [0.25, 0.3) is 0 Å². The molecule has 2 heterocycles. The van der Waals surface area contributed by atoms with E-state index in [1.807, 2.05) is 0 Å². The largest absolute Gasteiger partial charge is 0.425 e. The highest BCUT2D eigenvalue weighted by molar-refractivity contribution is 6.05. The summed E-state index contributed by atoms with van der Waals surface area (Å²) < 4.78 is 10.3. The Bertz CT molecular complexity index is 488. The molecular weight excluding hydrogens is 218 g/mol. The number of unbranched alkanes of at least 4 members (excludes halogenated alkanes) is 1. The lowest BCUT2D eigenvalue weighted by Gasteiger charge is -2.08. The van der Waals surface area contributed by atoms with E-state index in [9.17, 15) is 4.79 Å². The van der Waals surface area contributed by atoms with Gasteiger partial charge in [0.1, 0.15) is 5.76 Å². The number of aliphatic imine (C=N–C) groups is 1. The van der Waals surface area contributed by atoms with Crippen molar-refractivity contribution in [1.82, 2.24) is 0 Å². The number of hydrogen-bond donors (Lipinski definition) is 0. The van der Waals surface area contributed by atoms with Gasteiger partial charge in [-0.15, -0.1) is 0 Å². The minimum absolute atomic E-state index is 0.274. The summed E-state index contributed by atoms with van der Waals surface area (Å²) in [5, 5.41) is 0. The van der Waals surface area contributed by atoms with Gasteiger partial charge in [0.2, 0.25) is 0 Å².